The van der Waals surface area contributed by atoms with Crippen molar-refractivity contribution in [1.82, 2.24) is 20.0 Å². The van der Waals surface area contributed by atoms with Crippen LogP contribution in [0.3, 0.4) is 0 Å². The maximum Gasteiger partial charge on any atom is 0.255 e. The van der Waals surface area contributed by atoms with Crippen molar-refractivity contribution in [2.75, 3.05) is 31.1 Å². The number of aryl methyl sites for hydroxylation is 1. The number of hydrogen-bond donors (Lipinski definition) is 0. The van der Waals surface area contributed by atoms with Gasteiger partial charge in [-0.3, -0.25) is 4.79 Å². The van der Waals surface area contributed by atoms with Crippen LogP contribution < -0.4 is 4.90 Å². The molecular weight excluding hydrogens is 318 g/mol. The van der Waals surface area contributed by atoms with Gasteiger partial charge in [-0.05, 0) is 45.7 Å². The molecule has 1 aliphatic heterocycles. The van der Waals surface area contributed by atoms with E-state index >= 15 is 0 Å². The van der Waals surface area contributed by atoms with Crippen LogP contribution in [0.2, 0.25) is 0 Å². The zero-order valence-corrected chi connectivity index (χ0v) is 15.1. The predicted molar refractivity (Wildman–Crippen MR) is 94.7 cm³/mol. The zero-order chi connectivity index (χ0) is 17.8. The van der Waals surface area contributed by atoms with E-state index in [1.165, 1.54) is 0 Å². The van der Waals surface area contributed by atoms with Gasteiger partial charge in [0.05, 0.1) is 11.5 Å². The van der Waals surface area contributed by atoms with E-state index in [0.29, 0.717) is 23.8 Å². The van der Waals surface area contributed by atoms with Gasteiger partial charge >= 0.3 is 0 Å². The first-order chi connectivity index (χ1) is 12.1. The Bertz CT molecular complexity index is 709. The van der Waals surface area contributed by atoms with Gasteiger partial charge in [-0.2, -0.15) is 4.98 Å². The van der Waals surface area contributed by atoms with Crippen molar-refractivity contribution < 1.29 is 9.32 Å². The molecule has 3 heterocycles. The van der Waals surface area contributed by atoms with Gasteiger partial charge < -0.3 is 14.3 Å². The van der Waals surface area contributed by atoms with Crippen LogP contribution in [-0.4, -0.2) is 52.1 Å². The number of pyridine rings is 1. The van der Waals surface area contributed by atoms with E-state index < -0.39 is 0 Å². The van der Waals surface area contributed by atoms with Crippen LogP contribution in [0.1, 0.15) is 54.7 Å². The quantitative estimate of drug-likeness (QED) is 0.831. The van der Waals surface area contributed by atoms with E-state index in [0.717, 1.165) is 38.3 Å². The molecule has 7 nitrogen and oxygen atoms in total. The van der Waals surface area contributed by atoms with Crippen LogP contribution in [0, 0.1) is 6.92 Å². The molecule has 0 N–H and O–H groups in total. The highest BCUT2D eigenvalue weighted by molar-refractivity contribution is 5.94. The van der Waals surface area contributed by atoms with Crippen LogP contribution in [-0.2, 0) is 0 Å². The fourth-order valence-electron chi connectivity index (χ4n) is 3.27. The smallest absolute Gasteiger partial charge is 0.255 e. The predicted octanol–water partition coefficient (Wildman–Crippen LogP) is 2.64. The molecule has 0 radical (unpaired) electrons. The summed E-state index contributed by atoms with van der Waals surface area (Å²) in [6.07, 6.45) is 3.57. The number of piperidine rings is 1. The normalized spacial score (nSPS) is 17.6. The summed E-state index contributed by atoms with van der Waals surface area (Å²) in [4.78, 5) is 25.6. The van der Waals surface area contributed by atoms with Gasteiger partial charge in [0.15, 0.2) is 5.82 Å². The lowest BCUT2D eigenvalue weighted by molar-refractivity contribution is 0.0695. The molecule has 1 amide bonds. The van der Waals surface area contributed by atoms with Crippen molar-refractivity contribution in [3.8, 4) is 0 Å². The molecule has 3 rings (SSSR count). The summed E-state index contributed by atoms with van der Waals surface area (Å²) in [5, 5.41) is 3.86. The SMILES string of the molecule is CCN(CC)c1ccc(C(=O)N2CCC[C@@H](c3nc(C)no3)C2)cn1. The average Bonchev–Trinajstić information content (AvgIpc) is 3.09. The highest BCUT2D eigenvalue weighted by atomic mass is 16.5. The number of nitrogens with zero attached hydrogens (tertiary/aromatic N) is 5. The molecule has 1 atom stereocenters. The summed E-state index contributed by atoms with van der Waals surface area (Å²) < 4.78 is 5.29. The lowest BCUT2D eigenvalue weighted by Crippen LogP contribution is -2.39. The van der Waals surface area contributed by atoms with Gasteiger partial charge in [0.2, 0.25) is 5.89 Å². The first-order valence-corrected chi connectivity index (χ1v) is 8.92. The topological polar surface area (TPSA) is 75.4 Å². The van der Waals surface area contributed by atoms with E-state index in [4.69, 9.17) is 4.52 Å². The second-order valence-electron chi connectivity index (χ2n) is 6.35. The summed E-state index contributed by atoms with van der Waals surface area (Å²) in [7, 11) is 0. The Morgan fingerprint density at radius 3 is 2.76 bits per heavy atom. The second-order valence-corrected chi connectivity index (χ2v) is 6.35. The lowest BCUT2D eigenvalue weighted by atomic mass is 9.97. The average molecular weight is 343 g/mol. The third-order valence-corrected chi connectivity index (χ3v) is 4.68. The standard InChI is InChI=1S/C18H25N5O2/c1-4-22(5-2)16-9-8-14(11-19-16)18(24)23-10-6-7-15(12-23)17-20-13(3)21-25-17/h8-9,11,15H,4-7,10,12H2,1-3H3/t15-/m1/s1. The van der Waals surface area contributed by atoms with Crippen molar-refractivity contribution in [3.63, 3.8) is 0 Å². The number of amides is 1. The Hall–Kier alpha value is -2.44. The molecule has 2 aromatic heterocycles. The van der Waals surface area contributed by atoms with Crippen molar-refractivity contribution in [1.29, 1.82) is 0 Å². The Labute approximate surface area is 148 Å². The first-order valence-electron chi connectivity index (χ1n) is 8.92. The minimum Gasteiger partial charge on any atom is -0.357 e. The van der Waals surface area contributed by atoms with Crippen LogP contribution >= 0.6 is 0 Å². The van der Waals surface area contributed by atoms with Gasteiger partial charge in [-0.25, -0.2) is 4.98 Å². The molecule has 1 fully saturated rings. The molecule has 0 saturated carbocycles. The molecular formula is C18H25N5O2. The summed E-state index contributed by atoms with van der Waals surface area (Å²) in [6.45, 7) is 9.15. The molecule has 0 aromatic carbocycles. The number of anilines is 1. The van der Waals surface area contributed by atoms with Gasteiger partial charge in [-0.1, -0.05) is 5.16 Å². The van der Waals surface area contributed by atoms with E-state index in [1.807, 2.05) is 24.0 Å². The fraction of sp³-hybridized carbons (Fsp3) is 0.556. The largest absolute Gasteiger partial charge is 0.357 e. The highest BCUT2D eigenvalue weighted by Gasteiger charge is 2.29. The molecule has 1 saturated heterocycles. The summed E-state index contributed by atoms with van der Waals surface area (Å²) in [5.74, 6) is 2.29. The van der Waals surface area contributed by atoms with Gasteiger partial charge in [-0.15, -0.1) is 0 Å². The molecule has 7 heteroatoms. The van der Waals surface area contributed by atoms with E-state index in [-0.39, 0.29) is 11.8 Å². The Balaban J connectivity index is 1.69. The molecule has 134 valence electrons. The number of hydrogen-bond acceptors (Lipinski definition) is 6. The minimum absolute atomic E-state index is 0.0135. The van der Waals surface area contributed by atoms with E-state index in [2.05, 4.69) is 33.9 Å². The van der Waals surface area contributed by atoms with Gasteiger partial charge in [0.1, 0.15) is 5.82 Å². The Morgan fingerprint density at radius 1 is 1.36 bits per heavy atom. The second kappa shape index (κ2) is 7.63. The van der Waals surface area contributed by atoms with Crippen molar-refractivity contribution in [3.05, 3.63) is 35.6 Å². The molecule has 1 aliphatic rings. The summed E-state index contributed by atoms with van der Waals surface area (Å²) in [5.41, 5.74) is 0.623. The fourth-order valence-corrected chi connectivity index (χ4v) is 3.27. The van der Waals surface area contributed by atoms with Crippen molar-refractivity contribution in [2.45, 2.75) is 39.5 Å². The Morgan fingerprint density at radius 2 is 2.16 bits per heavy atom. The maximum absolute atomic E-state index is 12.8. The van der Waals surface area contributed by atoms with Crippen molar-refractivity contribution in [2.24, 2.45) is 0 Å². The van der Waals surface area contributed by atoms with Gasteiger partial charge in [0, 0.05) is 32.4 Å². The number of carbonyl (C=O) groups excluding carboxylic acids is 1. The number of likely N-dealkylation sites (tertiary alicyclic amines) is 1. The third kappa shape index (κ3) is 3.81. The van der Waals surface area contributed by atoms with E-state index in [1.54, 1.807) is 6.20 Å². The highest BCUT2D eigenvalue weighted by Crippen LogP contribution is 2.26. The monoisotopic (exact) mass is 343 g/mol. The van der Waals surface area contributed by atoms with E-state index in [9.17, 15) is 4.79 Å². The first kappa shape index (κ1) is 17.4. The zero-order valence-electron chi connectivity index (χ0n) is 15.1. The van der Waals surface area contributed by atoms with Crippen LogP contribution in [0.15, 0.2) is 22.9 Å². The number of aromatic nitrogens is 3. The molecule has 0 spiro atoms. The third-order valence-electron chi connectivity index (χ3n) is 4.68. The minimum atomic E-state index is 0.0135. The molecule has 0 unspecified atom stereocenters. The van der Waals surface area contributed by atoms with Crippen molar-refractivity contribution >= 4 is 11.7 Å². The lowest BCUT2D eigenvalue weighted by Gasteiger charge is -2.31. The number of rotatable bonds is 5. The maximum atomic E-state index is 12.8. The van der Waals surface area contributed by atoms with Crippen LogP contribution in [0.5, 0.6) is 0 Å². The molecule has 0 aliphatic carbocycles. The Kier molecular flexibility index (Phi) is 5.31. The summed E-state index contributed by atoms with van der Waals surface area (Å²) >= 11 is 0. The molecule has 0 bridgehead atoms. The molecule has 25 heavy (non-hydrogen) atoms. The van der Waals surface area contributed by atoms with Gasteiger partial charge in [0.25, 0.3) is 5.91 Å². The summed E-state index contributed by atoms with van der Waals surface area (Å²) in [6, 6.07) is 3.78. The molecule has 2 aromatic rings. The van der Waals surface area contributed by atoms with Crippen LogP contribution in [0.25, 0.3) is 0 Å². The number of carbonyl (C=O) groups is 1. The van der Waals surface area contributed by atoms with Crippen LogP contribution in [0.4, 0.5) is 5.82 Å².